The fraction of sp³-hybridized carbons (Fsp3) is 0.294. The highest BCUT2D eigenvalue weighted by Crippen LogP contribution is 2.41. The molecule has 236 valence electrons. The van der Waals surface area contributed by atoms with Crippen LogP contribution in [0.4, 0.5) is 30.4 Å². The van der Waals surface area contributed by atoms with E-state index in [4.69, 9.17) is 9.72 Å². The molecule has 2 aliphatic rings. The monoisotopic (exact) mass is 627 g/mol. The van der Waals surface area contributed by atoms with Gasteiger partial charge in [-0.25, -0.2) is 9.97 Å². The summed E-state index contributed by atoms with van der Waals surface area (Å²) in [7, 11) is 0. The van der Waals surface area contributed by atoms with Crippen molar-refractivity contribution in [2.45, 2.75) is 38.4 Å². The number of rotatable bonds is 8. The molecule has 0 unspecified atom stereocenters. The first-order valence-electron chi connectivity index (χ1n) is 15.2. The molecule has 1 aliphatic carbocycles. The van der Waals surface area contributed by atoms with Crippen LogP contribution >= 0.6 is 0 Å². The number of carbonyl (C=O) groups is 1. The number of morpholine rings is 1. The number of anilines is 3. The van der Waals surface area contributed by atoms with Crippen LogP contribution in [0.5, 0.6) is 0 Å². The van der Waals surface area contributed by atoms with Gasteiger partial charge in [-0.15, -0.1) is 0 Å². The van der Waals surface area contributed by atoms with Crippen molar-refractivity contribution in [3.63, 3.8) is 0 Å². The number of aryl methyl sites for hydroxylation is 1. The second-order valence-corrected chi connectivity index (χ2v) is 11.7. The van der Waals surface area contributed by atoms with Gasteiger partial charge in [0.25, 0.3) is 5.91 Å². The van der Waals surface area contributed by atoms with Gasteiger partial charge in [0.15, 0.2) is 11.5 Å². The first kappa shape index (κ1) is 29.9. The van der Waals surface area contributed by atoms with Crippen molar-refractivity contribution in [1.29, 1.82) is 0 Å². The highest BCUT2D eigenvalue weighted by molar-refractivity contribution is 6.04. The van der Waals surface area contributed by atoms with Crippen molar-refractivity contribution in [3.8, 4) is 11.3 Å². The minimum atomic E-state index is -4.60. The van der Waals surface area contributed by atoms with Crippen molar-refractivity contribution >= 4 is 28.7 Å². The van der Waals surface area contributed by atoms with E-state index in [1.54, 1.807) is 24.5 Å². The number of aromatic nitrogens is 4. The molecule has 1 saturated carbocycles. The van der Waals surface area contributed by atoms with Gasteiger partial charge >= 0.3 is 6.18 Å². The Morgan fingerprint density at radius 1 is 1.07 bits per heavy atom. The molecule has 0 bridgehead atoms. The summed E-state index contributed by atoms with van der Waals surface area (Å²) in [5.41, 5.74) is 4.58. The average Bonchev–Trinajstić information content (AvgIpc) is 3.81. The van der Waals surface area contributed by atoms with Crippen LogP contribution in [0.25, 0.3) is 16.9 Å². The lowest BCUT2D eigenvalue weighted by Gasteiger charge is -2.27. The standard InChI is InChI=1S/C34H32F3N7O2/c1-21-4-9-26(40-33(45)23-7-8-25(27(15-23)34(35,36)37)19-43-11-13-46-14-12-43)16-28(21)41-31-32-39-18-30(22-5-6-22)44(32)20-29(42-31)24-3-2-10-38-17-24/h2-4,7-10,15-18,20,22H,5-6,11-14,19H2,1H3,(H,40,45)(H,41,42). The van der Waals surface area contributed by atoms with Gasteiger partial charge in [0.2, 0.25) is 0 Å². The molecule has 2 N–H and O–H groups in total. The predicted octanol–water partition coefficient (Wildman–Crippen LogP) is 6.82. The molecule has 46 heavy (non-hydrogen) atoms. The first-order chi connectivity index (χ1) is 22.2. The van der Waals surface area contributed by atoms with Crippen LogP contribution in [0.15, 0.2) is 73.3 Å². The van der Waals surface area contributed by atoms with Gasteiger partial charge in [-0.2, -0.15) is 13.2 Å². The number of alkyl halides is 3. The first-order valence-corrected chi connectivity index (χ1v) is 15.2. The van der Waals surface area contributed by atoms with Crippen LogP contribution in [0, 0.1) is 6.92 Å². The maximum Gasteiger partial charge on any atom is 0.416 e. The van der Waals surface area contributed by atoms with Gasteiger partial charge < -0.3 is 15.4 Å². The number of fused-ring (bicyclic) bond motifs is 1. The molecule has 0 radical (unpaired) electrons. The van der Waals surface area contributed by atoms with E-state index < -0.39 is 17.6 Å². The third-order valence-electron chi connectivity index (χ3n) is 8.40. The van der Waals surface area contributed by atoms with Crippen molar-refractivity contribution < 1.29 is 22.7 Å². The zero-order valence-corrected chi connectivity index (χ0v) is 25.1. The zero-order chi connectivity index (χ0) is 31.8. The summed E-state index contributed by atoms with van der Waals surface area (Å²) in [6.07, 6.45) is 4.95. The number of nitrogens with one attached hydrogen (secondary N) is 2. The van der Waals surface area contributed by atoms with Crippen LogP contribution in [0.2, 0.25) is 0 Å². The molecule has 2 fully saturated rings. The topological polar surface area (TPSA) is 96.7 Å². The number of hydrogen-bond donors (Lipinski definition) is 2. The molecule has 1 amide bonds. The molecule has 1 aliphatic heterocycles. The maximum atomic E-state index is 14.1. The Balaban J connectivity index is 1.16. The molecule has 9 nitrogen and oxygen atoms in total. The van der Waals surface area contributed by atoms with E-state index in [0.29, 0.717) is 55.1 Å². The van der Waals surface area contributed by atoms with E-state index in [1.807, 2.05) is 42.4 Å². The summed E-state index contributed by atoms with van der Waals surface area (Å²) in [6, 6.07) is 12.8. The third-order valence-corrected chi connectivity index (χ3v) is 8.40. The molecule has 1 saturated heterocycles. The van der Waals surface area contributed by atoms with Crippen LogP contribution < -0.4 is 10.6 Å². The summed E-state index contributed by atoms with van der Waals surface area (Å²) >= 11 is 0. The fourth-order valence-corrected chi connectivity index (χ4v) is 5.71. The van der Waals surface area contributed by atoms with Gasteiger partial charge in [-0.05, 0) is 67.3 Å². The van der Waals surface area contributed by atoms with Gasteiger partial charge in [0, 0.05) is 78.5 Å². The number of halogens is 3. The number of amides is 1. The highest BCUT2D eigenvalue weighted by Gasteiger charge is 2.34. The Morgan fingerprint density at radius 2 is 1.89 bits per heavy atom. The van der Waals surface area contributed by atoms with Crippen molar-refractivity contribution in [2.75, 3.05) is 36.9 Å². The molecule has 0 atom stereocenters. The lowest BCUT2D eigenvalue weighted by atomic mass is 10.0. The normalized spacial score (nSPS) is 15.7. The van der Waals surface area contributed by atoms with Gasteiger partial charge in [-0.1, -0.05) is 12.1 Å². The lowest BCUT2D eigenvalue weighted by Crippen LogP contribution is -2.36. The summed E-state index contributed by atoms with van der Waals surface area (Å²) in [4.78, 5) is 29.0. The zero-order valence-electron chi connectivity index (χ0n) is 25.1. The molecule has 4 heterocycles. The van der Waals surface area contributed by atoms with Gasteiger partial charge in [-0.3, -0.25) is 19.1 Å². The Bertz CT molecular complexity index is 1900. The van der Waals surface area contributed by atoms with Crippen molar-refractivity contribution in [1.82, 2.24) is 24.3 Å². The van der Waals surface area contributed by atoms with E-state index in [2.05, 4.69) is 25.0 Å². The van der Waals surface area contributed by atoms with Crippen LogP contribution in [-0.2, 0) is 17.5 Å². The maximum absolute atomic E-state index is 14.1. The lowest BCUT2D eigenvalue weighted by molar-refractivity contribution is -0.138. The number of imidazole rings is 1. The highest BCUT2D eigenvalue weighted by atomic mass is 19.4. The van der Waals surface area contributed by atoms with Crippen molar-refractivity contribution in [3.05, 3.63) is 101 Å². The van der Waals surface area contributed by atoms with E-state index in [1.165, 1.54) is 12.1 Å². The quantitative estimate of drug-likeness (QED) is 0.195. The predicted molar refractivity (Wildman–Crippen MR) is 168 cm³/mol. The third kappa shape index (κ3) is 6.31. The van der Waals surface area contributed by atoms with Gasteiger partial charge in [0.1, 0.15) is 0 Å². The van der Waals surface area contributed by atoms with E-state index in [0.717, 1.165) is 41.4 Å². The summed E-state index contributed by atoms with van der Waals surface area (Å²) in [6.45, 7) is 4.13. The summed E-state index contributed by atoms with van der Waals surface area (Å²) in [5.74, 6) is 0.351. The van der Waals surface area contributed by atoms with Crippen LogP contribution in [-0.4, -0.2) is 56.5 Å². The SMILES string of the molecule is Cc1ccc(NC(=O)c2ccc(CN3CCOCC3)c(C(F)(F)F)c2)cc1Nc1nc(-c2cccnc2)cn2c(C3CC3)cnc12. The van der Waals surface area contributed by atoms with E-state index >= 15 is 0 Å². The minimum absolute atomic E-state index is 0.0781. The molecule has 5 aromatic rings. The molecule has 3 aromatic heterocycles. The van der Waals surface area contributed by atoms with Gasteiger partial charge in [0.05, 0.1) is 24.5 Å². The molecule has 7 rings (SSSR count). The number of ether oxygens (including phenoxy) is 1. The molecule has 0 spiro atoms. The summed E-state index contributed by atoms with van der Waals surface area (Å²) in [5, 5.41) is 6.17. The Labute approximate surface area is 263 Å². The fourth-order valence-electron chi connectivity index (χ4n) is 5.71. The molecular weight excluding hydrogens is 595 g/mol. The number of hydrogen-bond acceptors (Lipinski definition) is 7. The second-order valence-electron chi connectivity index (χ2n) is 11.7. The Morgan fingerprint density at radius 3 is 2.63 bits per heavy atom. The Kier molecular flexibility index (Phi) is 7.91. The van der Waals surface area contributed by atoms with Crippen LogP contribution in [0.1, 0.15) is 51.5 Å². The minimum Gasteiger partial charge on any atom is -0.379 e. The number of benzene rings is 2. The number of carbonyl (C=O) groups excluding carboxylic acids is 1. The van der Waals surface area contributed by atoms with Crippen LogP contribution in [0.3, 0.4) is 0 Å². The second kappa shape index (κ2) is 12.2. The Hall–Kier alpha value is -4.81. The molecular formula is C34H32F3N7O2. The smallest absolute Gasteiger partial charge is 0.379 e. The molecule has 2 aromatic carbocycles. The van der Waals surface area contributed by atoms with E-state index in [9.17, 15) is 18.0 Å². The number of nitrogens with zero attached hydrogens (tertiary/aromatic N) is 5. The molecule has 12 heteroatoms. The average molecular weight is 628 g/mol. The van der Waals surface area contributed by atoms with E-state index in [-0.39, 0.29) is 17.7 Å². The largest absolute Gasteiger partial charge is 0.416 e. The number of pyridine rings is 1. The van der Waals surface area contributed by atoms with Crippen molar-refractivity contribution in [2.24, 2.45) is 0 Å². The summed E-state index contributed by atoms with van der Waals surface area (Å²) < 4.78 is 49.6.